The van der Waals surface area contributed by atoms with Gasteiger partial charge in [0.25, 0.3) is 0 Å². The molecule has 0 bridgehead atoms. The summed E-state index contributed by atoms with van der Waals surface area (Å²) in [6, 6.07) is 9.20. The van der Waals surface area contributed by atoms with Crippen LogP contribution in [0.4, 0.5) is 0 Å². The van der Waals surface area contributed by atoms with Gasteiger partial charge < -0.3 is 9.80 Å². The monoisotopic (exact) mass is 351 g/mol. The van der Waals surface area contributed by atoms with Crippen LogP contribution in [0.25, 0.3) is 0 Å². The fourth-order valence-corrected chi connectivity index (χ4v) is 5.13. The topological polar surface area (TPSA) is 60.9 Å². The minimum atomic E-state index is -3.37. The molecule has 0 N–H and O–H groups in total. The molecule has 1 amide bonds. The summed E-state index contributed by atoms with van der Waals surface area (Å²) in [6.07, 6.45) is 0. The van der Waals surface area contributed by atoms with Gasteiger partial charge >= 0.3 is 0 Å². The van der Waals surface area contributed by atoms with Crippen LogP contribution in [0.3, 0.4) is 0 Å². The molecule has 3 rings (SSSR count). The summed E-state index contributed by atoms with van der Waals surface area (Å²) < 4.78 is 26.8. The van der Waals surface area contributed by atoms with Crippen molar-refractivity contribution in [2.75, 3.05) is 46.8 Å². The minimum Gasteiger partial charge on any atom is -0.341 e. The average Bonchev–Trinajstić information content (AvgIpc) is 3.06. The Morgan fingerprint density at radius 3 is 2.46 bits per heavy atom. The molecule has 2 fully saturated rings. The Kier molecular flexibility index (Phi) is 4.94. The van der Waals surface area contributed by atoms with Gasteiger partial charge in [-0.3, -0.25) is 4.79 Å². The molecule has 2 saturated heterocycles. The van der Waals surface area contributed by atoms with E-state index in [2.05, 4.69) is 4.90 Å². The van der Waals surface area contributed by atoms with E-state index in [0.29, 0.717) is 19.6 Å². The second-order valence-electron chi connectivity index (χ2n) is 7.01. The van der Waals surface area contributed by atoms with E-state index in [1.807, 2.05) is 49.3 Å². The molecule has 1 aromatic carbocycles. The summed E-state index contributed by atoms with van der Waals surface area (Å²) in [7, 11) is 0.603. The van der Waals surface area contributed by atoms with Crippen molar-refractivity contribution in [3.8, 4) is 0 Å². The minimum absolute atomic E-state index is 0.00577. The number of rotatable bonds is 6. The van der Waals surface area contributed by atoms with Crippen LogP contribution >= 0.6 is 0 Å². The summed E-state index contributed by atoms with van der Waals surface area (Å²) in [4.78, 5) is 16.5. The second kappa shape index (κ2) is 6.82. The van der Waals surface area contributed by atoms with Gasteiger partial charge in [-0.2, -0.15) is 0 Å². The Labute approximate surface area is 144 Å². The zero-order valence-corrected chi connectivity index (χ0v) is 15.1. The number of benzene rings is 1. The highest BCUT2D eigenvalue weighted by Crippen LogP contribution is 2.34. The number of hydrogen-bond acceptors (Lipinski definition) is 4. The molecule has 24 heavy (non-hydrogen) atoms. The van der Waals surface area contributed by atoms with Gasteiger partial charge in [-0.25, -0.2) is 12.7 Å². The largest absolute Gasteiger partial charge is 0.341 e. The maximum Gasteiger partial charge on any atom is 0.227 e. The summed E-state index contributed by atoms with van der Waals surface area (Å²) >= 11 is 0. The molecule has 2 aliphatic rings. The van der Waals surface area contributed by atoms with Crippen molar-refractivity contribution < 1.29 is 13.2 Å². The Morgan fingerprint density at radius 2 is 1.83 bits per heavy atom. The third-order valence-electron chi connectivity index (χ3n) is 4.89. The zero-order valence-electron chi connectivity index (χ0n) is 14.3. The molecule has 0 spiro atoms. The highest BCUT2D eigenvalue weighted by atomic mass is 32.2. The second-order valence-corrected chi connectivity index (χ2v) is 8.98. The number of likely N-dealkylation sites (tertiary alicyclic amines) is 1. The number of fused-ring (bicyclic) bond motifs is 1. The molecular weight excluding hydrogens is 326 g/mol. The van der Waals surface area contributed by atoms with E-state index in [0.717, 1.165) is 18.7 Å². The van der Waals surface area contributed by atoms with Crippen LogP contribution in [0, 0.1) is 11.8 Å². The van der Waals surface area contributed by atoms with Gasteiger partial charge in [0.05, 0.1) is 11.7 Å². The standard InChI is InChI=1S/C17H25N3O3S/c1-18(2)8-9-19-10-15-11-20(12-16(15)17(19)21)24(22,23)13-14-6-4-3-5-7-14/h3-7,15-16H,8-13H2,1-2H3/t15-,16-/m1/s1. The predicted octanol–water partition coefficient (Wildman–Crippen LogP) is 0.468. The quantitative estimate of drug-likeness (QED) is 0.747. The van der Waals surface area contributed by atoms with Crippen LogP contribution in [0.1, 0.15) is 5.56 Å². The molecule has 132 valence electrons. The number of hydrogen-bond donors (Lipinski definition) is 0. The maximum absolute atomic E-state index is 12.6. The van der Waals surface area contributed by atoms with Crippen LogP contribution in [0.15, 0.2) is 30.3 Å². The molecule has 0 radical (unpaired) electrons. The highest BCUT2D eigenvalue weighted by molar-refractivity contribution is 7.88. The highest BCUT2D eigenvalue weighted by Gasteiger charge is 2.48. The van der Waals surface area contributed by atoms with Crippen molar-refractivity contribution >= 4 is 15.9 Å². The van der Waals surface area contributed by atoms with Gasteiger partial charge in [0.2, 0.25) is 15.9 Å². The molecule has 0 aromatic heterocycles. The molecule has 1 aromatic rings. The van der Waals surface area contributed by atoms with Crippen molar-refractivity contribution in [3.63, 3.8) is 0 Å². The zero-order chi connectivity index (χ0) is 17.3. The smallest absolute Gasteiger partial charge is 0.227 e. The van der Waals surface area contributed by atoms with Crippen molar-refractivity contribution in [3.05, 3.63) is 35.9 Å². The third-order valence-corrected chi connectivity index (χ3v) is 6.68. The van der Waals surface area contributed by atoms with Crippen LogP contribution in [0.5, 0.6) is 0 Å². The first-order valence-corrected chi connectivity index (χ1v) is 9.93. The fraction of sp³-hybridized carbons (Fsp3) is 0.588. The van der Waals surface area contributed by atoms with E-state index < -0.39 is 10.0 Å². The fourth-order valence-electron chi connectivity index (χ4n) is 3.53. The number of nitrogens with zero attached hydrogens (tertiary/aromatic N) is 3. The summed E-state index contributed by atoms with van der Waals surface area (Å²) in [5.41, 5.74) is 0.786. The van der Waals surface area contributed by atoms with Gasteiger partial charge in [0.1, 0.15) is 0 Å². The van der Waals surface area contributed by atoms with Gasteiger partial charge in [0, 0.05) is 38.6 Å². The van der Waals surface area contributed by atoms with E-state index in [1.54, 1.807) is 0 Å². The molecular formula is C17H25N3O3S. The molecule has 0 unspecified atom stereocenters. The first-order chi connectivity index (χ1) is 11.4. The molecule has 2 heterocycles. The van der Waals surface area contributed by atoms with E-state index in [9.17, 15) is 13.2 Å². The lowest BCUT2D eigenvalue weighted by Gasteiger charge is -2.23. The summed E-state index contributed by atoms with van der Waals surface area (Å²) in [5.74, 6) is 0.0772. The van der Waals surface area contributed by atoms with Gasteiger partial charge in [-0.05, 0) is 19.7 Å². The van der Waals surface area contributed by atoms with E-state index in [4.69, 9.17) is 0 Å². The van der Waals surface area contributed by atoms with Crippen molar-refractivity contribution in [2.45, 2.75) is 5.75 Å². The molecule has 2 atom stereocenters. The Balaban J connectivity index is 1.62. The van der Waals surface area contributed by atoms with E-state index in [-0.39, 0.29) is 23.5 Å². The number of amides is 1. The summed E-state index contributed by atoms with van der Waals surface area (Å²) in [6.45, 7) is 3.02. The van der Waals surface area contributed by atoms with E-state index in [1.165, 1.54) is 4.31 Å². The van der Waals surface area contributed by atoms with Crippen LogP contribution in [-0.4, -0.2) is 75.2 Å². The van der Waals surface area contributed by atoms with Crippen LogP contribution in [0.2, 0.25) is 0 Å². The van der Waals surface area contributed by atoms with Gasteiger partial charge in [-0.1, -0.05) is 30.3 Å². The first kappa shape index (κ1) is 17.4. The maximum atomic E-state index is 12.6. The molecule has 0 saturated carbocycles. The Bertz CT molecular complexity index is 690. The lowest BCUT2D eigenvalue weighted by Crippen LogP contribution is -2.38. The molecule has 7 heteroatoms. The van der Waals surface area contributed by atoms with Crippen LogP contribution in [-0.2, 0) is 20.6 Å². The SMILES string of the molecule is CN(C)CCN1C[C@@H]2CN(S(=O)(=O)Cc3ccccc3)C[C@H]2C1=O. The Hall–Kier alpha value is -1.44. The predicted molar refractivity (Wildman–Crippen MR) is 92.8 cm³/mol. The summed E-state index contributed by atoms with van der Waals surface area (Å²) in [5, 5.41) is 0. The molecule has 6 nitrogen and oxygen atoms in total. The van der Waals surface area contributed by atoms with Gasteiger partial charge in [0.15, 0.2) is 0 Å². The third kappa shape index (κ3) is 3.63. The van der Waals surface area contributed by atoms with E-state index >= 15 is 0 Å². The van der Waals surface area contributed by atoms with Crippen molar-refractivity contribution in [2.24, 2.45) is 11.8 Å². The normalized spacial score (nSPS) is 24.8. The number of carbonyl (C=O) groups is 1. The number of likely N-dealkylation sites (N-methyl/N-ethyl adjacent to an activating group) is 1. The lowest BCUT2D eigenvalue weighted by molar-refractivity contribution is -0.131. The molecule has 0 aliphatic carbocycles. The lowest BCUT2D eigenvalue weighted by atomic mass is 10.0. The number of sulfonamides is 1. The van der Waals surface area contributed by atoms with Crippen molar-refractivity contribution in [1.29, 1.82) is 0 Å². The van der Waals surface area contributed by atoms with Crippen LogP contribution < -0.4 is 0 Å². The average molecular weight is 351 g/mol. The number of carbonyl (C=O) groups excluding carboxylic acids is 1. The van der Waals surface area contributed by atoms with Crippen molar-refractivity contribution in [1.82, 2.24) is 14.1 Å². The first-order valence-electron chi connectivity index (χ1n) is 8.32. The van der Waals surface area contributed by atoms with Gasteiger partial charge in [-0.15, -0.1) is 0 Å². The molecule has 2 aliphatic heterocycles. The Morgan fingerprint density at radius 1 is 1.12 bits per heavy atom.